The van der Waals surface area contributed by atoms with E-state index in [0.717, 1.165) is 16.9 Å². The zero-order valence-electron chi connectivity index (χ0n) is 18.3. The van der Waals surface area contributed by atoms with Gasteiger partial charge in [-0.05, 0) is 84.9 Å². The third-order valence-electron chi connectivity index (χ3n) is 5.17. The molecule has 1 aliphatic rings. The minimum Gasteiger partial charge on any atom is -0.494 e. The molecule has 7 heteroatoms. The first-order chi connectivity index (χ1) is 16.0. The second-order valence-electron chi connectivity index (χ2n) is 7.42. The monoisotopic (exact) mass is 462 g/mol. The lowest BCUT2D eigenvalue weighted by Gasteiger charge is -2.16. The smallest absolute Gasteiger partial charge is 0.281 e. The molecule has 0 N–H and O–H groups in total. The number of thiocarbonyl (C=S) groups is 1. The molecule has 0 unspecified atom stereocenters. The van der Waals surface area contributed by atoms with E-state index >= 15 is 0 Å². The summed E-state index contributed by atoms with van der Waals surface area (Å²) in [7, 11) is 1.78. The molecule has 1 amide bonds. The van der Waals surface area contributed by atoms with Crippen molar-refractivity contribution < 1.29 is 18.7 Å². The van der Waals surface area contributed by atoms with Crippen molar-refractivity contribution in [1.29, 1.82) is 0 Å². The molecule has 1 saturated heterocycles. The predicted molar refractivity (Wildman–Crippen MR) is 131 cm³/mol. The molecule has 1 fully saturated rings. The van der Waals surface area contributed by atoms with Crippen LogP contribution in [0, 0.1) is 5.82 Å². The van der Waals surface area contributed by atoms with Gasteiger partial charge in [0.15, 0.2) is 5.11 Å². The fourth-order valence-corrected chi connectivity index (χ4v) is 3.69. The molecule has 0 radical (unpaired) electrons. The van der Waals surface area contributed by atoms with Gasteiger partial charge in [-0.25, -0.2) is 4.39 Å². The first-order valence-electron chi connectivity index (χ1n) is 10.5. The Morgan fingerprint density at radius 2 is 1.52 bits per heavy atom. The molecular formula is C26H23FN2O3S. The Labute approximate surface area is 197 Å². The van der Waals surface area contributed by atoms with E-state index in [0.29, 0.717) is 35.5 Å². The molecule has 0 bridgehead atoms. The molecule has 1 heterocycles. The summed E-state index contributed by atoms with van der Waals surface area (Å²) in [6.45, 7) is 2.84. The van der Waals surface area contributed by atoms with Crippen molar-refractivity contribution in [3.05, 3.63) is 95.4 Å². The van der Waals surface area contributed by atoms with Crippen molar-refractivity contribution in [3.8, 4) is 11.5 Å². The van der Waals surface area contributed by atoms with Gasteiger partial charge in [0, 0.05) is 7.05 Å². The summed E-state index contributed by atoms with van der Waals surface area (Å²) in [5, 5.41) is 0.412. The zero-order chi connectivity index (χ0) is 23.4. The fourth-order valence-electron chi connectivity index (χ4n) is 3.41. The Morgan fingerprint density at radius 3 is 2.15 bits per heavy atom. The van der Waals surface area contributed by atoms with Crippen molar-refractivity contribution in [1.82, 2.24) is 4.90 Å². The lowest BCUT2D eigenvalue weighted by molar-refractivity contribution is -0.114. The van der Waals surface area contributed by atoms with Crippen LogP contribution in [0.3, 0.4) is 0 Å². The van der Waals surface area contributed by atoms with Crippen LogP contribution in [0.4, 0.5) is 10.1 Å². The molecule has 1 aliphatic heterocycles. The summed E-state index contributed by atoms with van der Waals surface area (Å²) in [5.74, 6) is 0.954. The Balaban J connectivity index is 1.47. The van der Waals surface area contributed by atoms with Gasteiger partial charge in [0.25, 0.3) is 5.91 Å². The number of benzene rings is 3. The molecular weight excluding hydrogens is 439 g/mol. The van der Waals surface area contributed by atoms with Gasteiger partial charge in [-0.15, -0.1) is 0 Å². The molecule has 5 nitrogen and oxygen atoms in total. The quantitative estimate of drug-likeness (QED) is 0.347. The van der Waals surface area contributed by atoms with E-state index in [1.165, 1.54) is 17.0 Å². The number of nitrogens with zero attached hydrogens (tertiary/aromatic N) is 2. The molecule has 33 heavy (non-hydrogen) atoms. The van der Waals surface area contributed by atoms with Crippen LogP contribution in [0.25, 0.3) is 6.08 Å². The minimum absolute atomic E-state index is 0.191. The maximum atomic E-state index is 13.1. The maximum Gasteiger partial charge on any atom is 0.281 e. The number of carbonyl (C=O) groups is 1. The number of hydrogen-bond donors (Lipinski definition) is 0. The van der Waals surface area contributed by atoms with Gasteiger partial charge in [0.05, 0.1) is 12.3 Å². The van der Waals surface area contributed by atoms with Gasteiger partial charge in [-0.1, -0.05) is 24.3 Å². The number of likely N-dealkylation sites (N-methyl/N-ethyl adjacent to an activating group) is 1. The van der Waals surface area contributed by atoms with E-state index in [9.17, 15) is 9.18 Å². The average Bonchev–Trinajstić information content (AvgIpc) is 3.03. The second kappa shape index (κ2) is 9.83. The van der Waals surface area contributed by atoms with E-state index in [1.807, 2.05) is 55.5 Å². The molecule has 0 aromatic heterocycles. The zero-order valence-corrected chi connectivity index (χ0v) is 19.1. The molecule has 0 atom stereocenters. The number of amides is 1. The van der Waals surface area contributed by atoms with Crippen molar-refractivity contribution in [2.24, 2.45) is 0 Å². The SMILES string of the molecule is CCOc1ccc(N2C(=O)/C(=C/c3ccc(OCc4ccc(F)cc4)cc3)N(C)C2=S)cc1. The molecule has 0 aliphatic carbocycles. The summed E-state index contributed by atoms with van der Waals surface area (Å²) < 4.78 is 24.2. The lowest BCUT2D eigenvalue weighted by Crippen LogP contribution is -2.31. The van der Waals surface area contributed by atoms with Crippen LogP contribution >= 0.6 is 12.2 Å². The number of ether oxygens (including phenoxy) is 2. The van der Waals surface area contributed by atoms with Crippen LogP contribution in [-0.4, -0.2) is 29.6 Å². The average molecular weight is 463 g/mol. The van der Waals surface area contributed by atoms with E-state index in [1.54, 1.807) is 30.2 Å². The molecule has 4 rings (SSSR count). The van der Waals surface area contributed by atoms with E-state index in [2.05, 4.69) is 0 Å². The molecule has 0 saturated carbocycles. The maximum absolute atomic E-state index is 13.1. The first-order valence-corrected chi connectivity index (χ1v) is 10.9. The minimum atomic E-state index is -0.275. The van der Waals surface area contributed by atoms with Gasteiger partial charge in [0.2, 0.25) is 0 Å². The standard InChI is InChI=1S/C26H23FN2O3S/c1-3-31-22-14-10-21(11-15-22)29-25(30)24(28(2)26(29)33)16-18-6-12-23(13-7-18)32-17-19-4-8-20(27)9-5-19/h4-16H,3,17H2,1-2H3/b24-16-. The third-order valence-corrected chi connectivity index (χ3v) is 5.63. The van der Waals surface area contributed by atoms with E-state index < -0.39 is 0 Å². The van der Waals surface area contributed by atoms with Crippen LogP contribution in [0.1, 0.15) is 18.1 Å². The van der Waals surface area contributed by atoms with Crippen LogP contribution in [-0.2, 0) is 11.4 Å². The Morgan fingerprint density at radius 1 is 0.909 bits per heavy atom. The van der Waals surface area contributed by atoms with Crippen molar-refractivity contribution >= 4 is 35.0 Å². The van der Waals surface area contributed by atoms with Crippen molar-refractivity contribution in [2.45, 2.75) is 13.5 Å². The highest BCUT2D eigenvalue weighted by Gasteiger charge is 2.36. The van der Waals surface area contributed by atoms with Gasteiger partial charge in [-0.2, -0.15) is 0 Å². The van der Waals surface area contributed by atoms with Gasteiger partial charge >= 0.3 is 0 Å². The van der Waals surface area contributed by atoms with E-state index in [4.69, 9.17) is 21.7 Å². The molecule has 3 aromatic carbocycles. The Hall–Kier alpha value is -3.71. The number of halogens is 1. The van der Waals surface area contributed by atoms with Crippen molar-refractivity contribution in [2.75, 3.05) is 18.6 Å². The number of carbonyl (C=O) groups excluding carboxylic acids is 1. The molecule has 168 valence electrons. The van der Waals surface area contributed by atoms with Crippen LogP contribution in [0.5, 0.6) is 11.5 Å². The third kappa shape index (κ3) is 5.04. The summed E-state index contributed by atoms with van der Waals surface area (Å²) in [4.78, 5) is 16.4. The van der Waals surface area contributed by atoms with Gasteiger partial charge in [-0.3, -0.25) is 9.69 Å². The number of hydrogen-bond acceptors (Lipinski definition) is 4. The number of rotatable bonds is 7. The molecule has 3 aromatic rings. The highest BCUT2D eigenvalue weighted by molar-refractivity contribution is 7.80. The highest BCUT2D eigenvalue weighted by Crippen LogP contribution is 2.29. The Bertz CT molecular complexity index is 1180. The first kappa shape index (κ1) is 22.5. The van der Waals surface area contributed by atoms with Gasteiger partial charge < -0.3 is 14.4 Å². The summed E-state index contributed by atoms with van der Waals surface area (Å²) in [6, 6.07) is 20.9. The summed E-state index contributed by atoms with van der Waals surface area (Å²) >= 11 is 5.52. The predicted octanol–water partition coefficient (Wildman–Crippen LogP) is 5.41. The highest BCUT2D eigenvalue weighted by atomic mass is 32.1. The molecule has 0 spiro atoms. The van der Waals surface area contributed by atoms with Crippen molar-refractivity contribution in [3.63, 3.8) is 0 Å². The van der Waals surface area contributed by atoms with Crippen LogP contribution < -0.4 is 14.4 Å². The number of anilines is 1. The lowest BCUT2D eigenvalue weighted by atomic mass is 10.1. The Kier molecular flexibility index (Phi) is 6.70. The summed E-state index contributed by atoms with van der Waals surface area (Å²) in [5.41, 5.74) is 2.89. The van der Waals surface area contributed by atoms with Crippen LogP contribution in [0.2, 0.25) is 0 Å². The van der Waals surface area contributed by atoms with Crippen LogP contribution in [0.15, 0.2) is 78.5 Å². The topological polar surface area (TPSA) is 42.0 Å². The summed E-state index contributed by atoms with van der Waals surface area (Å²) in [6.07, 6.45) is 1.80. The van der Waals surface area contributed by atoms with Gasteiger partial charge in [0.1, 0.15) is 29.6 Å². The fraction of sp³-hybridized carbons (Fsp3) is 0.154. The normalized spacial score (nSPS) is 14.8. The van der Waals surface area contributed by atoms with E-state index in [-0.39, 0.29) is 11.7 Å². The largest absolute Gasteiger partial charge is 0.494 e. The second-order valence-corrected chi connectivity index (χ2v) is 7.79.